The topological polar surface area (TPSA) is 52.7 Å². The molecule has 1 heterocycles. The Hall–Kier alpha value is -1.92. The molecular formula is C19H25ClFN3O2. The van der Waals surface area contributed by atoms with Gasteiger partial charge in [0.2, 0.25) is 11.8 Å². The summed E-state index contributed by atoms with van der Waals surface area (Å²) in [6.45, 7) is 9.75. The Morgan fingerprint density at radius 3 is 2.85 bits per heavy atom. The summed E-state index contributed by atoms with van der Waals surface area (Å²) in [7, 11) is 0. The van der Waals surface area contributed by atoms with Gasteiger partial charge in [0.05, 0.1) is 12.5 Å². The minimum Gasteiger partial charge on any atom is -0.353 e. The normalized spacial score (nSPS) is 17.7. The molecule has 1 saturated heterocycles. The van der Waals surface area contributed by atoms with Crippen LogP contribution in [0.2, 0.25) is 5.02 Å². The molecular weight excluding hydrogens is 357 g/mol. The summed E-state index contributed by atoms with van der Waals surface area (Å²) >= 11 is 6.12. The number of nitrogens with zero attached hydrogens (tertiary/aromatic N) is 2. The van der Waals surface area contributed by atoms with Crippen LogP contribution in [-0.2, 0) is 16.1 Å². The fourth-order valence-electron chi connectivity index (χ4n) is 3.06. The largest absolute Gasteiger partial charge is 0.353 e. The highest BCUT2D eigenvalue weighted by atomic mass is 35.5. The number of hydrogen-bond donors (Lipinski definition) is 1. The van der Waals surface area contributed by atoms with Gasteiger partial charge in [-0.05, 0) is 26.0 Å². The van der Waals surface area contributed by atoms with Gasteiger partial charge in [0.15, 0.2) is 0 Å². The third-order valence-electron chi connectivity index (χ3n) is 4.43. The number of likely N-dealkylation sites (N-methyl/N-ethyl adjacent to an activating group) is 1. The highest BCUT2D eigenvalue weighted by Gasteiger charge is 2.33. The number of carbonyl (C=O) groups excluding carboxylic acids is 2. The van der Waals surface area contributed by atoms with Gasteiger partial charge in [-0.25, -0.2) is 4.39 Å². The molecule has 0 spiro atoms. The van der Waals surface area contributed by atoms with Crippen molar-refractivity contribution in [1.29, 1.82) is 0 Å². The molecule has 0 aliphatic carbocycles. The molecule has 26 heavy (non-hydrogen) atoms. The number of halogens is 2. The Labute approximate surface area is 158 Å². The van der Waals surface area contributed by atoms with Crippen molar-refractivity contribution in [3.63, 3.8) is 0 Å². The van der Waals surface area contributed by atoms with E-state index in [1.807, 2.05) is 18.7 Å². The van der Waals surface area contributed by atoms with Crippen LogP contribution in [0.4, 0.5) is 4.39 Å². The number of amides is 2. The van der Waals surface area contributed by atoms with Gasteiger partial charge in [0.25, 0.3) is 0 Å². The van der Waals surface area contributed by atoms with Gasteiger partial charge in [-0.15, -0.1) is 0 Å². The van der Waals surface area contributed by atoms with Crippen molar-refractivity contribution in [1.82, 2.24) is 15.1 Å². The molecule has 1 aromatic carbocycles. The molecule has 5 nitrogen and oxygen atoms in total. The molecule has 0 unspecified atom stereocenters. The lowest BCUT2D eigenvalue weighted by molar-refractivity contribution is -0.138. The third-order valence-corrected chi connectivity index (χ3v) is 4.78. The molecule has 0 radical (unpaired) electrons. The maximum absolute atomic E-state index is 14.1. The molecule has 0 aromatic heterocycles. The number of benzene rings is 1. The summed E-state index contributed by atoms with van der Waals surface area (Å²) in [5.41, 5.74) is 1.22. The molecule has 0 bridgehead atoms. The van der Waals surface area contributed by atoms with E-state index >= 15 is 0 Å². The van der Waals surface area contributed by atoms with E-state index in [2.05, 4.69) is 11.9 Å². The number of hydrogen-bond acceptors (Lipinski definition) is 3. The lowest BCUT2D eigenvalue weighted by Crippen LogP contribution is -2.56. The van der Waals surface area contributed by atoms with E-state index in [1.54, 1.807) is 17.0 Å². The molecule has 1 fully saturated rings. The fourth-order valence-corrected chi connectivity index (χ4v) is 3.28. The van der Waals surface area contributed by atoms with Crippen molar-refractivity contribution in [2.24, 2.45) is 0 Å². The van der Waals surface area contributed by atoms with E-state index in [-0.39, 0.29) is 24.8 Å². The van der Waals surface area contributed by atoms with E-state index in [4.69, 9.17) is 11.6 Å². The minimum absolute atomic E-state index is 0.0407. The molecule has 2 rings (SSSR count). The molecule has 0 saturated carbocycles. The Bertz CT molecular complexity index is 675. The molecule has 1 N–H and O–H groups in total. The first-order valence-corrected chi connectivity index (χ1v) is 9.08. The lowest BCUT2D eigenvalue weighted by atomic mass is 10.1. The Kier molecular flexibility index (Phi) is 7.17. The van der Waals surface area contributed by atoms with Crippen LogP contribution in [0.5, 0.6) is 0 Å². The van der Waals surface area contributed by atoms with Crippen molar-refractivity contribution in [2.45, 2.75) is 32.9 Å². The van der Waals surface area contributed by atoms with Crippen molar-refractivity contribution in [3.8, 4) is 0 Å². The number of nitrogens with one attached hydrogen (secondary N) is 1. The van der Waals surface area contributed by atoms with Crippen LogP contribution in [0.25, 0.3) is 0 Å². The molecule has 142 valence electrons. The quantitative estimate of drug-likeness (QED) is 0.738. The van der Waals surface area contributed by atoms with Crippen LogP contribution in [0.15, 0.2) is 30.4 Å². The van der Waals surface area contributed by atoms with Crippen LogP contribution in [0.1, 0.15) is 25.8 Å². The van der Waals surface area contributed by atoms with Gasteiger partial charge in [-0.2, -0.15) is 0 Å². The number of carbonyl (C=O) groups is 2. The summed E-state index contributed by atoms with van der Waals surface area (Å²) in [5.74, 6) is -0.753. The summed E-state index contributed by atoms with van der Waals surface area (Å²) in [4.78, 5) is 28.5. The average molecular weight is 382 g/mol. The standard InChI is InChI=1S/C19H25ClFN3O2/c1-4-23(11-13(2)3)18(25)10-17-19(26)22-8-9-24(17)12-14-15(20)6-5-7-16(14)21/h5-7,17H,2,4,8-12H2,1,3H3,(H,22,26)/t17-/m1/s1. The van der Waals surface area contributed by atoms with Crippen LogP contribution in [-0.4, -0.2) is 53.8 Å². The van der Waals surface area contributed by atoms with Crippen molar-refractivity contribution in [3.05, 3.63) is 46.8 Å². The van der Waals surface area contributed by atoms with Crippen LogP contribution in [0.3, 0.4) is 0 Å². The fraction of sp³-hybridized carbons (Fsp3) is 0.474. The first-order valence-electron chi connectivity index (χ1n) is 8.70. The molecule has 1 aromatic rings. The van der Waals surface area contributed by atoms with Crippen LogP contribution in [0, 0.1) is 5.82 Å². The Morgan fingerprint density at radius 1 is 1.50 bits per heavy atom. The maximum Gasteiger partial charge on any atom is 0.237 e. The summed E-state index contributed by atoms with van der Waals surface area (Å²) in [5, 5.41) is 3.10. The highest BCUT2D eigenvalue weighted by Crippen LogP contribution is 2.23. The second kappa shape index (κ2) is 9.14. The SMILES string of the molecule is C=C(C)CN(CC)C(=O)C[C@@H]1C(=O)NCCN1Cc1c(F)cccc1Cl. The average Bonchev–Trinajstić information content (AvgIpc) is 2.58. The zero-order chi connectivity index (χ0) is 19.3. The van der Waals surface area contributed by atoms with E-state index in [9.17, 15) is 14.0 Å². The van der Waals surface area contributed by atoms with Gasteiger partial charge >= 0.3 is 0 Å². The van der Waals surface area contributed by atoms with Crippen LogP contribution < -0.4 is 5.32 Å². The monoisotopic (exact) mass is 381 g/mol. The summed E-state index contributed by atoms with van der Waals surface area (Å²) < 4.78 is 14.1. The molecule has 7 heteroatoms. The van der Waals surface area contributed by atoms with E-state index in [1.165, 1.54) is 6.07 Å². The first kappa shape index (κ1) is 20.4. The molecule has 1 atom stereocenters. The molecule has 1 aliphatic rings. The van der Waals surface area contributed by atoms with Gasteiger partial charge < -0.3 is 10.2 Å². The van der Waals surface area contributed by atoms with Gasteiger partial charge in [-0.3, -0.25) is 14.5 Å². The van der Waals surface area contributed by atoms with Gasteiger partial charge in [0.1, 0.15) is 5.82 Å². The Morgan fingerprint density at radius 2 is 2.23 bits per heavy atom. The second-order valence-corrected chi connectivity index (χ2v) is 6.95. The van der Waals surface area contributed by atoms with Crippen molar-refractivity contribution < 1.29 is 14.0 Å². The summed E-state index contributed by atoms with van der Waals surface area (Å²) in [6, 6.07) is 3.86. The third kappa shape index (κ3) is 5.05. The van der Waals surface area contributed by atoms with Gasteiger partial charge in [0, 0.05) is 43.3 Å². The van der Waals surface area contributed by atoms with Crippen molar-refractivity contribution >= 4 is 23.4 Å². The zero-order valence-corrected chi connectivity index (χ0v) is 16.0. The predicted molar refractivity (Wildman–Crippen MR) is 100 cm³/mol. The van der Waals surface area contributed by atoms with E-state index in [0.29, 0.717) is 36.8 Å². The smallest absolute Gasteiger partial charge is 0.237 e. The zero-order valence-electron chi connectivity index (χ0n) is 15.2. The second-order valence-electron chi connectivity index (χ2n) is 6.55. The van der Waals surface area contributed by atoms with Gasteiger partial charge in [-0.1, -0.05) is 29.8 Å². The highest BCUT2D eigenvalue weighted by molar-refractivity contribution is 6.31. The first-order chi connectivity index (χ1) is 12.3. The molecule has 2 amide bonds. The van der Waals surface area contributed by atoms with Crippen LogP contribution >= 0.6 is 11.6 Å². The Balaban J connectivity index is 2.16. The van der Waals surface area contributed by atoms with E-state index in [0.717, 1.165) is 5.57 Å². The maximum atomic E-state index is 14.1. The summed E-state index contributed by atoms with van der Waals surface area (Å²) in [6.07, 6.45) is 0.0407. The molecule has 1 aliphatic heterocycles. The lowest BCUT2D eigenvalue weighted by Gasteiger charge is -2.36. The number of piperazine rings is 1. The number of rotatable bonds is 7. The predicted octanol–water partition coefficient (Wildman–Crippen LogP) is 2.59. The minimum atomic E-state index is -0.647. The van der Waals surface area contributed by atoms with E-state index < -0.39 is 11.9 Å². The van der Waals surface area contributed by atoms with Crippen molar-refractivity contribution in [2.75, 3.05) is 26.2 Å².